The minimum atomic E-state index is 0.704. The van der Waals surface area contributed by atoms with E-state index in [0.717, 1.165) is 54.7 Å². The summed E-state index contributed by atoms with van der Waals surface area (Å²) in [5, 5.41) is 10.5. The Morgan fingerprint density at radius 1 is 1.19 bits per heavy atom. The second-order valence-corrected chi connectivity index (χ2v) is 7.45. The molecular formula is C22H20ClN3O. The lowest BCUT2D eigenvalue weighted by Crippen LogP contribution is -2.30. The number of nitrogens with zero attached hydrogens (tertiary/aromatic N) is 2. The van der Waals surface area contributed by atoms with Gasteiger partial charge in [-0.05, 0) is 41.8 Å². The molecule has 0 atom stereocenters. The molecule has 0 saturated carbocycles. The zero-order chi connectivity index (χ0) is 18.2. The van der Waals surface area contributed by atoms with Gasteiger partial charge in [-0.2, -0.15) is 5.10 Å². The van der Waals surface area contributed by atoms with Gasteiger partial charge in [0, 0.05) is 42.5 Å². The Bertz CT molecular complexity index is 1140. The number of hydrogen-bond acceptors (Lipinski definition) is 3. The summed E-state index contributed by atoms with van der Waals surface area (Å²) in [5.74, 6) is 0. The zero-order valence-electron chi connectivity index (χ0n) is 14.9. The van der Waals surface area contributed by atoms with E-state index in [1.807, 2.05) is 18.2 Å². The first-order chi connectivity index (χ1) is 13.3. The number of para-hydroxylation sites is 1. The SMILES string of the molecule is Clc1cccc2c(CCN3CC=C(c4ccc5occc5c4)CC3)[nH]nc12. The number of H-pyrrole nitrogens is 1. The molecule has 0 radical (unpaired) electrons. The Balaban J connectivity index is 1.26. The van der Waals surface area contributed by atoms with Gasteiger partial charge in [0.2, 0.25) is 0 Å². The molecule has 2 aromatic carbocycles. The number of fused-ring (bicyclic) bond motifs is 2. The number of furan rings is 1. The van der Waals surface area contributed by atoms with Crippen LogP contribution in [0, 0.1) is 0 Å². The summed E-state index contributed by atoms with van der Waals surface area (Å²) in [6.45, 7) is 3.06. The van der Waals surface area contributed by atoms with Gasteiger partial charge < -0.3 is 4.42 Å². The molecule has 0 aliphatic carbocycles. The molecule has 1 aliphatic rings. The molecule has 0 amide bonds. The van der Waals surface area contributed by atoms with Crippen molar-refractivity contribution in [2.45, 2.75) is 12.8 Å². The molecule has 1 N–H and O–H groups in total. The van der Waals surface area contributed by atoms with Crippen LogP contribution in [0.2, 0.25) is 5.02 Å². The Hall–Kier alpha value is -2.56. The molecule has 0 saturated heterocycles. The van der Waals surface area contributed by atoms with Crippen LogP contribution in [-0.2, 0) is 6.42 Å². The van der Waals surface area contributed by atoms with Gasteiger partial charge in [0.1, 0.15) is 11.1 Å². The van der Waals surface area contributed by atoms with E-state index in [2.05, 4.69) is 45.4 Å². The number of rotatable bonds is 4. The fourth-order valence-electron chi connectivity index (χ4n) is 3.86. The smallest absolute Gasteiger partial charge is 0.133 e. The van der Waals surface area contributed by atoms with Gasteiger partial charge in [-0.15, -0.1) is 0 Å². The summed E-state index contributed by atoms with van der Waals surface area (Å²) in [5.41, 5.74) is 5.70. The molecule has 0 spiro atoms. The van der Waals surface area contributed by atoms with Crippen molar-refractivity contribution in [2.75, 3.05) is 19.6 Å². The number of halogens is 1. The van der Waals surface area contributed by atoms with Crippen molar-refractivity contribution in [3.63, 3.8) is 0 Å². The minimum absolute atomic E-state index is 0.704. The van der Waals surface area contributed by atoms with Crippen LogP contribution in [0.25, 0.3) is 27.4 Å². The maximum absolute atomic E-state index is 6.22. The lowest BCUT2D eigenvalue weighted by atomic mass is 9.98. The van der Waals surface area contributed by atoms with Gasteiger partial charge in [0.25, 0.3) is 0 Å². The molecule has 5 heteroatoms. The summed E-state index contributed by atoms with van der Waals surface area (Å²) in [4.78, 5) is 2.48. The van der Waals surface area contributed by atoms with Crippen LogP contribution >= 0.6 is 11.6 Å². The lowest BCUT2D eigenvalue weighted by molar-refractivity contribution is 0.305. The molecule has 1 aliphatic heterocycles. The van der Waals surface area contributed by atoms with Crippen LogP contribution in [0.15, 0.2) is 59.2 Å². The van der Waals surface area contributed by atoms with Crippen molar-refractivity contribution < 1.29 is 4.42 Å². The fourth-order valence-corrected chi connectivity index (χ4v) is 4.08. The van der Waals surface area contributed by atoms with E-state index in [-0.39, 0.29) is 0 Å². The number of aromatic nitrogens is 2. The Kier molecular flexibility index (Phi) is 4.23. The molecule has 0 bridgehead atoms. The van der Waals surface area contributed by atoms with Crippen molar-refractivity contribution in [1.82, 2.24) is 15.1 Å². The third-order valence-corrected chi connectivity index (χ3v) is 5.71. The Morgan fingerprint density at radius 2 is 2.15 bits per heavy atom. The highest BCUT2D eigenvalue weighted by molar-refractivity contribution is 6.35. The predicted molar refractivity (Wildman–Crippen MR) is 110 cm³/mol. The topological polar surface area (TPSA) is 45.1 Å². The summed E-state index contributed by atoms with van der Waals surface area (Å²) >= 11 is 6.22. The third kappa shape index (κ3) is 3.15. The quantitative estimate of drug-likeness (QED) is 0.525. The van der Waals surface area contributed by atoms with E-state index in [1.54, 1.807) is 6.26 Å². The standard InChI is InChI=1S/C22H20ClN3O/c23-19-3-1-2-18-20(24-25-22(18)19)8-12-26-10-6-15(7-11-26)16-4-5-21-17(14-16)9-13-27-21/h1-6,9,13-14H,7-8,10-12H2,(H,24,25). The van der Waals surface area contributed by atoms with E-state index >= 15 is 0 Å². The second kappa shape index (κ2) is 6.87. The molecule has 0 fully saturated rings. The van der Waals surface area contributed by atoms with Gasteiger partial charge >= 0.3 is 0 Å². The van der Waals surface area contributed by atoms with Gasteiger partial charge in [0.05, 0.1) is 11.3 Å². The molecule has 5 rings (SSSR count). The van der Waals surface area contributed by atoms with Crippen molar-refractivity contribution in [3.8, 4) is 0 Å². The number of benzene rings is 2. The van der Waals surface area contributed by atoms with Gasteiger partial charge in [-0.1, -0.05) is 35.9 Å². The van der Waals surface area contributed by atoms with E-state index in [1.165, 1.54) is 16.5 Å². The van der Waals surface area contributed by atoms with Crippen LogP contribution in [0.1, 0.15) is 17.7 Å². The fraction of sp³-hybridized carbons (Fsp3) is 0.227. The van der Waals surface area contributed by atoms with Gasteiger partial charge in [0.15, 0.2) is 0 Å². The summed E-state index contributed by atoms with van der Waals surface area (Å²) < 4.78 is 5.44. The highest BCUT2D eigenvalue weighted by atomic mass is 35.5. The highest BCUT2D eigenvalue weighted by Gasteiger charge is 2.15. The normalized spacial score (nSPS) is 15.5. The maximum atomic E-state index is 6.22. The molecule has 27 heavy (non-hydrogen) atoms. The average Bonchev–Trinajstić information content (AvgIpc) is 3.34. The molecule has 3 heterocycles. The Labute approximate surface area is 162 Å². The first-order valence-electron chi connectivity index (χ1n) is 9.28. The van der Waals surface area contributed by atoms with Crippen molar-refractivity contribution >= 4 is 39.0 Å². The summed E-state index contributed by atoms with van der Waals surface area (Å²) in [6, 6.07) is 14.4. The van der Waals surface area contributed by atoms with E-state index in [0.29, 0.717) is 5.02 Å². The van der Waals surface area contributed by atoms with Crippen LogP contribution < -0.4 is 0 Å². The Morgan fingerprint density at radius 3 is 3.04 bits per heavy atom. The van der Waals surface area contributed by atoms with E-state index < -0.39 is 0 Å². The molecule has 2 aromatic heterocycles. The van der Waals surface area contributed by atoms with Crippen LogP contribution in [-0.4, -0.2) is 34.7 Å². The van der Waals surface area contributed by atoms with Gasteiger partial charge in [-0.3, -0.25) is 10.00 Å². The third-order valence-electron chi connectivity index (χ3n) is 5.41. The van der Waals surface area contributed by atoms with Crippen molar-refractivity contribution in [2.24, 2.45) is 0 Å². The lowest BCUT2D eigenvalue weighted by Gasteiger charge is -2.26. The monoisotopic (exact) mass is 377 g/mol. The largest absolute Gasteiger partial charge is 0.464 e. The van der Waals surface area contributed by atoms with E-state index in [4.69, 9.17) is 16.0 Å². The van der Waals surface area contributed by atoms with Crippen LogP contribution in [0.5, 0.6) is 0 Å². The first-order valence-corrected chi connectivity index (χ1v) is 9.66. The average molecular weight is 378 g/mol. The van der Waals surface area contributed by atoms with Gasteiger partial charge in [-0.25, -0.2) is 0 Å². The summed E-state index contributed by atoms with van der Waals surface area (Å²) in [7, 11) is 0. The van der Waals surface area contributed by atoms with E-state index in [9.17, 15) is 0 Å². The predicted octanol–water partition coefficient (Wildman–Crippen LogP) is 5.29. The number of nitrogens with one attached hydrogen (secondary N) is 1. The first kappa shape index (κ1) is 16.6. The zero-order valence-corrected chi connectivity index (χ0v) is 15.7. The second-order valence-electron chi connectivity index (χ2n) is 7.04. The highest BCUT2D eigenvalue weighted by Crippen LogP contribution is 2.27. The number of aromatic amines is 1. The van der Waals surface area contributed by atoms with Crippen LogP contribution in [0.3, 0.4) is 0 Å². The van der Waals surface area contributed by atoms with Crippen LogP contribution in [0.4, 0.5) is 0 Å². The molecule has 136 valence electrons. The number of hydrogen-bond donors (Lipinski definition) is 1. The van der Waals surface area contributed by atoms with Crippen molar-refractivity contribution in [3.05, 3.63) is 71.1 Å². The molecule has 4 aromatic rings. The molecule has 0 unspecified atom stereocenters. The minimum Gasteiger partial charge on any atom is -0.464 e. The molecular weight excluding hydrogens is 358 g/mol. The maximum Gasteiger partial charge on any atom is 0.133 e. The summed E-state index contributed by atoms with van der Waals surface area (Å²) in [6.07, 6.45) is 6.12. The molecule has 4 nitrogen and oxygen atoms in total. The van der Waals surface area contributed by atoms with Crippen molar-refractivity contribution in [1.29, 1.82) is 0 Å².